The van der Waals surface area contributed by atoms with E-state index in [0.29, 0.717) is 19.0 Å². The number of rotatable bonds is 3. The topological polar surface area (TPSA) is 37.4 Å². The lowest BCUT2D eigenvalue weighted by molar-refractivity contribution is 0.419. The lowest BCUT2D eigenvalue weighted by Crippen LogP contribution is -2.41. The summed E-state index contributed by atoms with van der Waals surface area (Å²) in [5, 5.41) is -0.0857. The molecule has 0 radical (unpaired) electrons. The maximum absolute atomic E-state index is 12.1. The molecule has 0 aromatic rings. The van der Waals surface area contributed by atoms with Gasteiger partial charge in [-0.2, -0.15) is 4.31 Å². The quantitative estimate of drug-likeness (QED) is 0.692. The van der Waals surface area contributed by atoms with Gasteiger partial charge in [0.25, 0.3) is 0 Å². The van der Waals surface area contributed by atoms with Crippen molar-refractivity contribution in [2.45, 2.75) is 38.4 Å². The Morgan fingerprint density at radius 1 is 1.40 bits per heavy atom. The zero-order valence-electron chi connectivity index (χ0n) is 9.44. The normalized spacial score (nSPS) is 24.3. The second-order valence-electron chi connectivity index (χ2n) is 4.82. The van der Waals surface area contributed by atoms with Crippen molar-refractivity contribution >= 4 is 10.0 Å². The van der Waals surface area contributed by atoms with Gasteiger partial charge in [-0.25, -0.2) is 8.42 Å². The van der Waals surface area contributed by atoms with Crippen molar-refractivity contribution in [3.8, 4) is 0 Å². The van der Waals surface area contributed by atoms with E-state index in [9.17, 15) is 8.42 Å². The molecule has 0 spiro atoms. The molecule has 1 fully saturated rings. The Morgan fingerprint density at radius 2 is 2.07 bits per heavy atom. The Bertz CT molecular complexity index is 366. The first-order valence-electron chi connectivity index (χ1n) is 5.69. The average Bonchev–Trinajstić information content (AvgIpc) is 2.46. The largest absolute Gasteiger partial charge is 0.217 e. The van der Waals surface area contributed by atoms with Crippen LogP contribution in [0.4, 0.5) is 0 Å². The molecule has 3 nitrogen and oxygen atoms in total. The van der Waals surface area contributed by atoms with Crippen molar-refractivity contribution in [1.82, 2.24) is 4.31 Å². The molecule has 0 amide bonds. The molecule has 1 heterocycles. The van der Waals surface area contributed by atoms with Crippen molar-refractivity contribution in [2.75, 3.05) is 13.1 Å². The fourth-order valence-corrected chi connectivity index (χ4v) is 4.01. The van der Waals surface area contributed by atoms with E-state index in [-0.39, 0.29) is 5.25 Å². The molecule has 2 rings (SSSR count). The predicted octanol–water partition coefficient (Wildman–Crippen LogP) is 1.77. The summed E-state index contributed by atoms with van der Waals surface area (Å²) in [7, 11) is -2.99. The number of nitrogens with zero attached hydrogens (tertiary/aromatic N) is 1. The second-order valence-corrected chi connectivity index (χ2v) is 7.04. The molecular weight excluding hydrogens is 210 g/mol. The smallest absolute Gasteiger partial charge is 0.212 e. The highest BCUT2D eigenvalue weighted by molar-refractivity contribution is 7.89. The summed E-state index contributed by atoms with van der Waals surface area (Å²) < 4.78 is 25.8. The molecule has 0 bridgehead atoms. The standard InChI is InChI=1S/C11H19NO2S/c1-9(2)10-6-7-12(8-10)15(13,14)11-4-3-5-11/h6,9,11H,3-5,7-8H2,1-2H3. The molecular formula is C11H19NO2S. The summed E-state index contributed by atoms with van der Waals surface area (Å²) in [6.07, 6.45) is 4.86. The Kier molecular flexibility index (Phi) is 2.90. The van der Waals surface area contributed by atoms with Gasteiger partial charge in [0, 0.05) is 13.1 Å². The van der Waals surface area contributed by atoms with E-state index < -0.39 is 10.0 Å². The summed E-state index contributed by atoms with van der Waals surface area (Å²) in [5.74, 6) is 0.464. The Labute approximate surface area is 92.2 Å². The lowest BCUT2D eigenvalue weighted by atomic mass is 10.0. The maximum atomic E-state index is 12.1. The third-order valence-corrected chi connectivity index (χ3v) is 5.80. The van der Waals surface area contributed by atoms with Crippen LogP contribution in [0.2, 0.25) is 0 Å². The molecule has 0 atom stereocenters. The van der Waals surface area contributed by atoms with Crippen LogP contribution in [0.15, 0.2) is 11.6 Å². The highest BCUT2D eigenvalue weighted by Crippen LogP contribution is 2.31. The van der Waals surface area contributed by atoms with Crippen LogP contribution >= 0.6 is 0 Å². The minimum Gasteiger partial charge on any atom is -0.212 e. The molecule has 2 aliphatic rings. The zero-order valence-corrected chi connectivity index (χ0v) is 10.3. The Morgan fingerprint density at radius 3 is 2.47 bits per heavy atom. The molecule has 0 unspecified atom stereocenters. The van der Waals surface area contributed by atoms with Crippen molar-refractivity contribution < 1.29 is 8.42 Å². The van der Waals surface area contributed by atoms with E-state index in [2.05, 4.69) is 19.9 Å². The fourth-order valence-electron chi connectivity index (χ4n) is 2.04. The van der Waals surface area contributed by atoms with Gasteiger partial charge in [0.15, 0.2) is 0 Å². The molecule has 15 heavy (non-hydrogen) atoms. The Balaban J connectivity index is 2.03. The van der Waals surface area contributed by atoms with Gasteiger partial charge in [0.05, 0.1) is 5.25 Å². The van der Waals surface area contributed by atoms with Crippen molar-refractivity contribution in [2.24, 2.45) is 5.92 Å². The van der Waals surface area contributed by atoms with Gasteiger partial charge in [-0.1, -0.05) is 31.9 Å². The molecule has 0 saturated heterocycles. The molecule has 0 aromatic heterocycles. The number of sulfonamides is 1. The lowest BCUT2D eigenvalue weighted by Gasteiger charge is -2.30. The van der Waals surface area contributed by atoms with Gasteiger partial charge < -0.3 is 0 Å². The monoisotopic (exact) mass is 229 g/mol. The number of hydrogen-bond donors (Lipinski definition) is 0. The van der Waals surface area contributed by atoms with Gasteiger partial charge in [-0.05, 0) is 18.8 Å². The van der Waals surface area contributed by atoms with E-state index in [4.69, 9.17) is 0 Å². The van der Waals surface area contributed by atoms with E-state index in [1.807, 2.05) is 0 Å². The zero-order chi connectivity index (χ0) is 11.1. The Hall–Kier alpha value is -0.350. The minimum atomic E-state index is -2.99. The van der Waals surface area contributed by atoms with Crippen LogP contribution in [0.25, 0.3) is 0 Å². The molecule has 4 heteroatoms. The molecule has 1 aliphatic heterocycles. The van der Waals surface area contributed by atoms with Crippen molar-refractivity contribution in [1.29, 1.82) is 0 Å². The van der Waals surface area contributed by atoms with Crippen molar-refractivity contribution in [3.05, 3.63) is 11.6 Å². The minimum absolute atomic E-state index is 0.0857. The van der Waals surface area contributed by atoms with Crippen LogP contribution in [0, 0.1) is 5.92 Å². The van der Waals surface area contributed by atoms with Gasteiger partial charge in [-0.15, -0.1) is 0 Å². The third kappa shape index (κ3) is 1.97. The molecule has 0 aromatic carbocycles. The van der Waals surface area contributed by atoms with Gasteiger partial charge in [0.2, 0.25) is 10.0 Å². The highest BCUT2D eigenvalue weighted by atomic mass is 32.2. The summed E-state index contributed by atoms with van der Waals surface area (Å²) in [4.78, 5) is 0. The summed E-state index contributed by atoms with van der Waals surface area (Å²) >= 11 is 0. The highest BCUT2D eigenvalue weighted by Gasteiger charge is 2.37. The summed E-state index contributed by atoms with van der Waals surface area (Å²) in [6, 6.07) is 0. The van der Waals surface area contributed by atoms with E-state index in [1.54, 1.807) is 4.31 Å². The molecule has 86 valence electrons. The maximum Gasteiger partial charge on any atom is 0.217 e. The first-order chi connectivity index (χ1) is 7.01. The molecule has 1 saturated carbocycles. The van der Waals surface area contributed by atoms with Crippen LogP contribution in [0.1, 0.15) is 33.1 Å². The van der Waals surface area contributed by atoms with Crippen LogP contribution in [0.3, 0.4) is 0 Å². The van der Waals surface area contributed by atoms with E-state index >= 15 is 0 Å². The van der Waals surface area contributed by atoms with E-state index in [0.717, 1.165) is 19.3 Å². The molecule has 1 aliphatic carbocycles. The predicted molar refractivity (Wildman–Crippen MR) is 61.1 cm³/mol. The van der Waals surface area contributed by atoms with Gasteiger partial charge in [-0.3, -0.25) is 0 Å². The average molecular weight is 229 g/mol. The second kappa shape index (κ2) is 3.91. The van der Waals surface area contributed by atoms with Crippen LogP contribution in [-0.4, -0.2) is 31.1 Å². The fraction of sp³-hybridized carbons (Fsp3) is 0.818. The van der Waals surface area contributed by atoms with Gasteiger partial charge in [0.1, 0.15) is 0 Å². The number of hydrogen-bond acceptors (Lipinski definition) is 2. The van der Waals surface area contributed by atoms with Crippen LogP contribution < -0.4 is 0 Å². The summed E-state index contributed by atoms with van der Waals surface area (Å²) in [6.45, 7) is 5.44. The third-order valence-electron chi connectivity index (χ3n) is 3.49. The van der Waals surface area contributed by atoms with E-state index in [1.165, 1.54) is 5.57 Å². The van der Waals surface area contributed by atoms with Crippen molar-refractivity contribution in [3.63, 3.8) is 0 Å². The van der Waals surface area contributed by atoms with Gasteiger partial charge >= 0.3 is 0 Å². The molecule has 0 N–H and O–H groups in total. The first kappa shape index (κ1) is 11.1. The summed E-state index contributed by atoms with van der Waals surface area (Å²) in [5.41, 5.74) is 1.26. The van der Waals surface area contributed by atoms with Crippen LogP contribution in [0.5, 0.6) is 0 Å². The first-order valence-corrected chi connectivity index (χ1v) is 7.20. The van der Waals surface area contributed by atoms with Crippen LogP contribution in [-0.2, 0) is 10.0 Å². The SMILES string of the molecule is CC(C)C1=CCN(S(=O)(=O)C2CCC2)C1.